The van der Waals surface area contributed by atoms with Crippen molar-refractivity contribution >= 4 is 17.7 Å². The van der Waals surface area contributed by atoms with E-state index in [0.717, 1.165) is 11.1 Å². The van der Waals surface area contributed by atoms with Gasteiger partial charge < -0.3 is 15.1 Å². The molecule has 146 valence electrons. The van der Waals surface area contributed by atoms with E-state index in [4.69, 9.17) is 0 Å². The summed E-state index contributed by atoms with van der Waals surface area (Å²) in [7, 11) is 0. The summed E-state index contributed by atoms with van der Waals surface area (Å²) in [5.74, 6) is -0.457. The van der Waals surface area contributed by atoms with Gasteiger partial charge in [0.2, 0.25) is 5.91 Å². The second kappa shape index (κ2) is 8.65. The third-order valence-corrected chi connectivity index (χ3v) is 4.95. The topological polar surface area (TPSA) is 82.6 Å². The number of nitrogens with zero attached hydrogens (tertiary/aromatic N) is 3. The van der Waals surface area contributed by atoms with Crippen molar-refractivity contribution in [1.29, 1.82) is 0 Å². The minimum atomic E-state index is -0.320. The van der Waals surface area contributed by atoms with Crippen molar-refractivity contribution in [3.63, 3.8) is 0 Å². The Morgan fingerprint density at radius 3 is 2.39 bits per heavy atom. The van der Waals surface area contributed by atoms with Gasteiger partial charge >= 0.3 is 0 Å². The monoisotopic (exact) mass is 380 g/mol. The lowest BCUT2D eigenvalue weighted by atomic mass is 10.1. The Hall–Kier alpha value is -3.22. The summed E-state index contributed by atoms with van der Waals surface area (Å²) in [5, 5.41) is 2.85. The zero-order chi connectivity index (χ0) is 20.1. The highest BCUT2D eigenvalue weighted by atomic mass is 16.2. The number of aromatic nitrogens is 1. The highest BCUT2D eigenvalue weighted by Crippen LogP contribution is 2.11. The van der Waals surface area contributed by atoms with Crippen LogP contribution in [-0.4, -0.2) is 58.7 Å². The lowest BCUT2D eigenvalue weighted by molar-refractivity contribution is -0.130. The zero-order valence-electron chi connectivity index (χ0n) is 16.1. The molecule has 2 heterocycles. The Balaban J connectivity index is 1.63. The third kappa shape index (κ3) is 4.54. The summed E-state index contributed by atoms with van der Waals surface area (Å²) in [6, 6.07) is 11.0. The number of hydrogen-bond donors (Lipinski definition) is 1. The van der Waals surface area contributed by atoms with Gasteiger partial charge in [0, 0.05) is 51.4 Å². The number of pyridine rings is 1. The second-order valence-electron chi connectivity index (χ2n) is 6.84. The summed E-state index contributed by atoms with van der Waals surface area (Å²) in [6.45, 7) is 5.93. The first-order chi connectivity index (χ1) is 13.5. The molecule has 0 bridgehead atoms. The average molecular weight is 380 g/mol. The molecule has 3 rings (SSSR count). The van der Waals surface area contributed by atoms with Crippen LogP contribution < -0.4 is 5.32 Å². The van der Waals surface area contributed by atoms with Crippen LogP contribution in [0.3, 0.4) is 0 Å². The molecule has 7 heteroatoms. The van der Waals surface area contributed by atoms with Gasteiger partial charge in [-0.2, -0.15) is 0 Å². The summed E-state index contributed by atoms with van der Waals surface area (Å²) in [4.78, 5) is 44.1. The number of carbonyl (C=O) groups is 3. The smallest absolute Gasteiger partial charge is 0.270 e. The molecule has 0 spiro atoms. The molecule has 1 aliphatic heterocycles. The Labute approximate surface area is 164 Å². The number of benzene rings is 1. The van der Waals surface area contributed by atoms with Crippen LogP contribution in [0.1, 0.15) is 38.9 Å². The molecule has 1 saturated heterocycles. The molecule has 0 aliphatic carbocycles. The molecule has 7 nitrogen and oxygen atoms in total. The van der Waals surface area contributed by atoms with E-state index in [-0.39, 0.29) is 23.4 Å². The fourth-order valence-corrected chi connectivity index (χ4v) is 3.17. The van der Waals surface area contributed by atoms with Gasteiger partial charge in [-0.15, -0.1) is 0 Å². The predicted octanol–water partition coefficient (Wildman–Crippen LogP) is 1.62. The number of carbonyl (C=O) groups excluding carboxylic acids is 3. The van der Waals surface area contributed by atoms with Crippen molar-refractivity contribution in [2.24, 2.45) is 0 Å². The van der Waals surface area contributed by atoms with Gasteiger partial charge in [0.25, 0.3) is 11.8 Å². The Morgan fingerprint density at radius 1 is 1.04 bits per heavy atom. The first-order valence-electron chi connectivity index (χ1n) is 9.29. The molecule has 1 N–H and O–H groups in total. The van der Waals surface area contributed by atoms with E-state index in [9.17, 15) is 14.4 Å². The Bertz CT molecular complexity index is 889. The maximum atomic E-state index is 12.7. The molecular formula is C21H24N4O3. The van der Waals surface area contributed by atoms with Crippen LogP contribution in [0.25, 0.3) is 0 Å². The summed E-state index contributed by atoms with van der Waals surface area (Å²) in [6.07, 6.45) is 1.47. The summed E-state index contributed by atoms with van der Waals surface area (Å²) < 4.78 is 0. The van der Waals surface area contributed by atoms with Gasteiger partial charge in [-0.25, -0.2) is 0 Å². The number of aryl methyl sites for hydroxylation is 1. The number of amides is 3. The molecular weight excluding hydrogens is 356 g/mol. The standard InChI is InChI=1S/C21H24N4O3/c1-15-5-3-4-6-18(15)14-23-20(27)19-13-17(7-8-22-19)21(28)25-11-9-24(10-12-25)16(2)26/h3-8,13H,9-12,14H2,1-2H3,(H,23,27). The van der Waals surface area contributed by atoms with E-state index < -0.39 is 0 Å². The highest BCUT2D eigenvalue weighted by Gasteiger charge is 2.24. The fraction of sp³-hybridized carbons (Fsp3) is 0.333. The number of hydrogen-bond acceptors (Lipinski definition) is 4. The van der Waals surface area contributed by atoms with E-state index in [1.54, 1.807) is 15.9 Å². The predicted molar refractivity (Wildman–Crippen MR) is 105 cm³/mol. The maximum absolute atomic E-state index is 12.7. The summed E-state index contributed by atoms with van der Waals surface area (Å²) in [5.41, 5.74) is 2.77. The van der Waals surface area contributed by atoms with Crippen LogP contribution >= 0.6 is 0 Å². The Morgan fingerprint density at radius 2 is 1.71 bits per heavy atom. The second-order valence-corrected chi connectivity index (χ2v) is 6.84. The quantitative estimate of drug-likeness (QED) is 0.874. The van der Waals surface area contributed by atoms with Crippen LogP contribution in [0.2, 0.25) is 0 Å². The van der Waals surface area contributed by atoms with Crippen molar-refractivity contribution in [3.8, 4) is 0 Å². The largest absolute Gasteiger partial charge is 0.347 e. The van der Waals surface area contributed by atoms with Gasteiger partial charge in [-0.05, 0) is 30.2 Å². The number of piperazine rings is 1. The highest BCUT2D eigenvalue weighted by molar-refractivity contribution is 5.98. The van der Waals surface area contributed by atoms with E-state index >= 15 is 0 Å². The molecule has 0 radical (unpaired) electrons. The lowest BCUT2D eigenvalue weighted by Crippen LogP contribution is -2.50. The van der Waals surface area contributed by atoms with E-state index in [1.807, 2.05) is 31.2 Å². The minimum Gasteiger partial charge on any atom is -0.347 e. The van der Waals surface area contributed by atoms with Gasteiger partial charge in [0.05, 0.1) is 0 Å². The third-order valence-electron chi connectivity index (χ3n) is 4.95. The van der Waals surface area contributed by atoms with Crippen LogP contribution in [0.5, 0.6) is 0 Å². The normalized spacial score (nSPS) is 13.9. The van der Waals surface area contributed by atoms with Crippen molar-refractivity contribution in [2.75, 3.05) is 26.2 Å². The molecule has 1 aromatic carbocycles. The van der Waals surface area contributed by atoms with Crippen molar-refractivity contribution in [1.82, 2.24) is 20.1 Å². The van der Waals surface area contributed by atoms with Crippen LogP contribution in [0.4, 0.5) is 0 Å². The first-order valence-corrected chi connectivity index (χ1v) is 9.29. The number of nitrogens with one attached hydrogen (secondary N) is 1. The molecule has 28 heavy (non-hydrogen) atoms. The molecule has 0 atom stereocenters. The molecule has 1 aliphatic rings. The SMILES string of the molecule is CC(=O)N1CCN(C(=O)c2ccnc(C(=O)NCc3ccccc3C)c2)CC1. The van der Waals surface area contributed by atoms with E-state index in [2.05, 4.69) is 10.3 Å². The van der Waals surface area contributed by atoms with Crippen molar-refractivity contribution in [2.45, 2.75) is 20.4 Å². The van der Waals surface area contributed by atoms with E-state index in [1.165, 1.54) is 19.2 Å². The molecule has 1 aromatic heterocycles. The molecule has 0 saturated carbocycles. The Kier molecular flexibility index (Phi) is 6.03. The maximum Gasteiger partial charge on any atom is 0.270 e. The van der Waals surface area contributed by atoms with Crippen molar-refractivity contribution < 1.29 is 14.4 Å². The van der Waals surface area contributed by atoms with Crippen molar-refractivity contribution in [3.05, 3.63) is 65.0 Å². The van der Waals surface area contributed by atoms with Gasteiger partial charge in [-0.1, -0.05) is 24.3 Å². The van der Waals surface area contributed by atoms with Gasteiger partial charge in [-0.3, -0.25) is 19.4 Å². The van der Waals surface area contributed by atoms with Crippen LogP contribution in [0.15, 0.2) is 42.6 Å². The van der Waals surface area contributed by atoms with E-state index in [0.29, 0.717) is 38.3 Å². The number of rotatable bonds is 4. The summed E-state index contributed by atoms with van der Waals surface area (Å²) >= 11 is 0. The van der Waals surface area contributed by atoms with Gasteiger partial charge in [0.1, 0.15) is 5.69 Å². The molecule has 0 unspecified atom stereocenters. The van der Waals surface area contributed by atoms with Crippen LogP contribution in [-0.2, 0) is 11.3 Å². The zero-order valence-corrected chi connectivity index (χ0v) is 16.1. The molecule has 2 aromatic rings. The minimum absolute atomic E-state index is 0.0172. The average Bonchev–Trinajstić information content (AvgIpc) is 2.72. The molecule has 3 amide bonds. The van der Waals surface area contributed by atoms with Crippen LogP contribution in [0, 0.1) is 6.92 Å². The molecule has 1 fully saturated rings. The fourth-order valence-electron chi connectivity index (χ4n) is 3.17. The first kappa shape index (κ1) is 19.5. The van der Waals surface area contributed by atoms with Gasteiger partial charge in [0.15, 0.2) is 0 Å². The lowest BCUT2D eigenvalue weighted by Gasteiger charge is -2.34.